The summed E-state index contributed by atoms with van der Waals surface area (Å²) in [5.41, 5.74) is 7.60. The van der Waals surface area contributed by atoms with E-state index in [1.165, 1.54) is 0 Å². The summed E-state index contributed by atoms with van der Waals surface area (Å²) in [4.78, 5) is 3.11. The highest BCUT2D eigenvalue weighted by molar-refractivity contribution is 6.35. The van der Waals surface area contributed by atoms with Crippen molar-refractivity contribution < 1.29 is 0 Å². The van der Waals surface area contributed by atoms with Crippen LogP contribution in [0.2, 0.25) is 5.02 Å². The molecule has 0 atom stereocenters. The minimum atomic E-state index is 0.631. The summed E-state index contributed by atoms with van der Waals surface area (Å²) in [6.45, 7) is 0.631. The van der Waals surface area contributed by atoms with E-state index in [1.807, 2.05) is 18.3 Å². The van der Waals surface area contributed by atoms with E-state index in [1.54, 1.807) is 0 Å². The highest BCUT2D eigenvalue weighted by Gasteiger charge is 2.04. The summed E-state index contributed by atoms with van der Waals surface area (Å²) in [6, 6.07) is 6.10. The maximum Gasteiger partial charge on any atom is 0.0679 e. The van der Waals surface area contributed by atoms with Crippen molar-refractivity contribution in [3.05, 3.63) is 35.0 Å². The van der Waals surface area contributed by atoms with Crippen molar-refractivity contribution in [2.24, 2.45) is 5.73 Å². The average molecular weight is 195 g/mol. The van der Waals surface area contributed by atoms with E-state index in [2.05, 4.69) is 11.1 Å². The van der Waals surface area contributed by atoms with Crippen LogP contribution in [0.25, 0.3) is 10.9 Å². The lowest BCUT2D eigenvalue weighted by atomic mass is 10.1. The topological polar surface area (TPSA) is 41.8 Å². The predicted molar refractivity (Wildman–Crippen MR) is 56.1 cm³/mol. The monoisotopic (exact) mass is 194 g/mol. The van der Waals surface area contributed by atoms with Gasteiger partial charge in [0.1, 0.15) is 0 Å². The molecule has 1 heterocycles. The zero-order valence-electron chi connectivity index (χ0n) is 7.18. The van der Waals surface area contributed by atoms with Crippen LogP contribution in [0, 0.1) is 0 Å². The van der Waals surface area contributed by atoms with Gasteiger partial charge in [-0.1, -0.05) is 23.7 Å². The van der Waals surface area contributed by atoms with Crippen molar-refractivity contribution in [1.82, 2.24) is 4.98 Å². The van der Waals surface area contributed by atoms with Gasteiger partial charge in [-0.15, -0.1) is 0 Å². The standard InChI is InChI=1S/C10H11ClN2/c11-9-7(3-5-12)1-2-8-4-6-13-10(8)9/h1-2,4,6,13H,3,5,12H2. The van der Waals surface area contributed by atoms with Gasteiger partial charge in [-0.25, -0.2) is 0 Å². The Morgan fingerprint density at radius 2 is 2.15 bits per heavy atom. The molecule has 1 aromatic heterocycles. The van der Waals surface area contributed by atoms with Crippen molar-refractivity contribution >= 4 is 22.5 Å². The second kappa shape index (κ2) is 3.40. The van der Waals surface area contributed by atoms with Gasteiger partial charge in [0.05, 0.1) is 10.5 Å². The molecule has 0 saturated heterocycles. The maximum atomic E-state index is 6.17. The van der Waals surface area contributed by atoms with Crippen LogP contribution in [0.4, 0.5) is 0 Å². The second-order valence-corrected chi connectivity index (χ2v) is 3.40. The van der Waals surface area contributed by atoms with E-state index in [4.69, 9.17) is 17.3 Å². The number of aromatic nitrogens is 1. The normalized spacial score (nSPS) is 10.9. The fraction of sp³-hybridized carbons (Fsp3) is 0.200. The molecule has 0 radical (unpaired) electrons. The van der Waals surface area contributed by atoms with E-state index in [0.29, 0.717) is 6.54 Å². The third kappa shape index (κ3) is 1.43. The number of rotatable bonds is 2. The van der Waals surface area contributed by atoms with Crippen molar-refractivity contribution in [3.8, 4) is 0 Å². The zero-order valence-corrected chi connectivity index (χ0v) is 7.93. The fourth-order valence-corrected chi connectivity index (χ4v) is 1.80. The predicted octanol–water partition coefficient (Wildman–Crippen LogP) is 2.32. The van der Waals surface area contributed by atoms with Crippen LogP contribution in [0.5, 0.6) is 0 Å². The SMILES string of the molecule is NCCc1ccc2cc[nH]c2c1Cl. The van der Waals surface area contributed by atoms with Crippen LogP contribution in [0.1, 0.15) is 5.56 Å². The largest absolute Gasteiger partial charge is 0.360 e. The van der Waals surface area contributed by atoms with Gasteiger partial charge in [0, 0.05) is 11.6 Å². The molecule has 0 bridgehead atoms. The Morgan fingerprint density at radius 3 is 2.92 bits per heavy atom. The first-order valence-electron chi connectivity index (χ1n) is 4.27. The Labute approximate surface area is 81.7 Å². The van der Waals surface area contributed by atoms with Gasteiger partial charge in [0.15, 0.2) is 0 Å². The number of H-pyrrole nitrogens is 1. The van der Waals surface area contributed by atoms with E-state index in [0.717, 1.165) is 27.9 Å². The zero-order chi connectivity index (χ0) is 9.26. The second-order valence-electron chi connectivity index (χ2n) is 3.02. The number of hydrogen-bond acceptors (Lipinski definition) is 1. The average Bonchev–Trinajstić information content (AvgIpc) is 2.58. The van der Waals surface area contributed by atoms with Gasteiger partial charge >= 0.3 is 0 Å². The molecule has 1 aromatic carbocycles. The van der Waals surface area contributed by atoms with Crippen molar-refractivity contribution in [2.45, 2.75) is 6.42 Å². The van der Waals surface area contributed by atoms with Crippen LogP contribution in [0.3, 0.4) is 0 Å². The molecular formula is C10H11ClN2. The Hall–Kier alpha value is -0.990. The molecule has 2 aromatic rings. The summed E-state index contributed by atoms with van der Waals surface area (Å²) < 4.78 is 0. The molecule has 0 aliphatic rings. The van der Waals surface area contributed by atoms with Crippen molar-refractivity contribution in [3.63, 3.8) is 0 Å². The molecule has 0 saturated carbocycles. The molecular weight excluding hydrogens is 184 g/mol. The molecule has 2 nitrogen and oxygen atoms in total. The summed E-state index contributed by atoms with van der Waals surface area (Å²) >= 11 is 6.17. The van der Waals surface area contributed by atoms with Gasteiger partial charge in [0.2, 0.25) is 0 Å². The number of benzene rings is 1. The molecule has 2 rings (SSSR count). The number of aromatic amines is 1. The lowest BCUT2D eigenvalue weighted by Gasteiger charge is -2.02. The first-order valence-corrected chi connectivity index (χ1v) is 4.65. The van der Waals surface area contributed by atoms with Crippen LogP contribution >= 0.6 is 11.6 Å². The summed E-state index contributed by atoms with van der Waals surface area (Å²) in [7, 11) is 0. The first kappa shape index (κ1) is 8.60. The van der Waals surface area contributed by atoms with Crippen LogP contribution in [0.15, 0.2) is 24.4 Å². The number of fused-ring (bicyclic) bond motifs is 1. The van der Waals surface area contributed by atoms with E-state index < -0.39 is 0 Å². The highest BCUT2D eigenvalue weighted by Crippen LogP contribution is 2.26. The van der Waals surface area contributed by atoms with E-state index >= 15 is 0 Å². The smallest absolute Gasteiger partial charge is 0.0679 e. The molecule has 3 heteroatoms. The Kier molecular flexibility index (Phi) is 2.25. The van der Waals surface area contributed by atoms with Crippen molar-refractivity contribution in [2.75, 3.05) is 6.54 Å². The lowest BCUT2D eigenvalue weighted by Crippen LogP contribution is -2.03. The molecule has 0 aliphatic heterocycles. The number of halogens is 1. The number of nitrogens with one attached hydrogen (secondary N) is 1. The molecule has 0 amide bonds. The van der Waals surface area contributed by atoms with Gasteiger partial charge in [-0.05, 0) is 24.6 Å². The Balaban J connectivity index is 2.59. The Morgan fingerprint density at radius 1 is 1.31 bits per heavy atom. The molecule has 0 spiro atoms. The van der Waals surface area contributed by atoms with Gasteiger partial charge in [-0.2, -0.15) is 0 Å². The van der Waals surface area contributed by atoms with Gasteiger partial charge in [-0.3, -0.25) is 0 Å². The van der Waals surface area contributed by atoms with Crippen LogP contribution in [-0.2, 0) is 6.42 Å². The molecule has 13 heavy (non-hydrogen) atoms. The maximum absolute atomic E-state index is 6.17. The first-order chi connectivity index (χ1) is 6.33. The third-order valence-corrected chi connectivity index (χ3v) is 2.59. The third-order valence-electron chi connectivity index (χ3n) is 2.16. The Bertz CT molecular complexity index is 420. The minimum absolute atomic E-state index is 0.631. The van der Waals surface area contributed by atoms with Gasteiger partial charge < -0.3 is 10.7 Å². The van der Waals surface area contributed by atoms with E-state index in [9.17, 15) is 0 Å². The van der Waals surface area contributed by atoms with Gasteiger partial charge in [0.25, 0.3) is 0 Å². The molecule has 68 valence electrons. The quantitative estimate of drug-likeness (QED) is 0.757. The lowest BCUT2D eigenvalue weighted by molar-refractivity contribution is 0.971. The fourth-order valence-electron chi connectivity index (χ4n) is 1.48. The van der Waals surface area contributed by atoms with Crippen LogP contribution < -0.4 is 5.73 Å². The molecule has 3 N–H and O–H groups in total. The highest BCUT2D eigenvalue weighted by atomic mass is 35.5. The number of nitrogens with two attached hydrogens (primary N) is 1. The summed E-state index contributed by atoms with van der Waals surface area (Å²) in [5, 5.41) is 1.94. The minimum Gasteiger partial charge on any atom is -0.360 e. The molecule has 0 aliphatic carbocycles. The number of hydrogen-bond donors (Lipinski definition) is 2. The van der Waals surface area contributed by atoms with E-state index in [-0.39, 0.29) is 0 Å². The van der Waals surface area contributed by atoms with Crippen LogP contribution in [-0.4, -0.2) is 11.5 Å². The van der Waals surface area contributed by atoms with Crippen molar-refractivity contribution in [1.29, 1.82) is 0 Å². The molecule has 0 fully saturated rings. The summed E-state index contributed by atoms with van der Waals surface area (Å²) in [6.07, 6.45) is 2.72. The summed E-state index contributed by atoms with van der Waals surface area (Å²) in [5.74, 6) is 0. The molecule has 0 unspecified atom stereocenters.